The number of nitrogens with two attached hydrogens (primary N) is 1. The number of benzene rings is 1. The Morgan fingerprint density at radius 3 is 2.87 bits per heavy atom. The Hall–Kier alpha value is -1.66. The molecule has 78 valence electrons. The largest absolute Gasteiger partial charge is 0.380 e. The van der Waals surface area contributed by atoms with Crippen LogP contribution < -0.4 is 16.6 Å². The average molecular weight is 222 g/mol. The SMILES string of the molecule is NC(=S)NNC1=Nc2ccccc2C1O. The van der Waals surface area contributed by atoms with E-state index in [0.717, 1.165) is 11.3 Å². The highest BCUT2D eigenvalue weighted by atomic mass is 32.1. The molecule has 1 atom stereocenters. The first-order valence-corrected chi connectivity index (χ1v) is 4.76. The second-order valence-corrected chi connectivity index (χ2v) is 3.51. The fraction of sp³-hybridized carbons (Fsp3) is 0.111. The van der Waals surface area contributed by atoms with Crippen molar-refractivity contribution < 1.29 is 5.11 Å². The minimum atomic E-state index is -0.761. The maximum absolute atomic E-state index is 9.84. The van der Waals surface area contributed by atoms with Crippen molar-refractivity contribution >= 4 is 28.9 Å². The summed E-state index contributed by atoms with van der Waals surface area (Å²) in [6.07, 6.45) is -0.761. The summed E-state index contributed by atoms with van der Waals surface area (Å²) in [4.78, 5) is 4.18. The van der Waals surface area contributed by atoms with Crippen LogP contribution in [0.1, 0.15) is 11.7 Å². The zero-order valence-corrected chi connectivity index (χ0v) is 8.58. The van der Waals surface area contributed by atoms with E-state index in [1.54, 1.807) is 0 Å². The number of rotatable bonds is 0. The summed E-state index contributed by atoms with van der Waals surface area (Å²) in [6.45, 7) is 0. The summed E-state index contributed by atoms with van der Waals surface area (Å²) in [5, 5.41) is 9.93. The van der Waals surface area contributed by atoms with Crippen molar-refractivity contribution in [3.63, 3.8) is 0 Å². The molecule has 0 saturated heterocycles. The Kier molecular flexibility index (Phi) is 2.53. The number of aliphatic imine (C=N–C) groups is 1. The van der Waals surface area contributed by atoms with Crippen molar-refractivity contribution in [2.75, 3.05) is 0 Å². The minimum absolute atomic E-state index is 0.0980. The molecular weight excluding hydrogens is 212 g/mol. The van der Waals surface area contributed by atoms with E-state index in [4.69, 9.17) is 5.73 Å². The number of amidine groups is 1. The number of nitrogens with zero attached hydrogens (tertiary/aromatic N) is 1. The predicted octanol–water partition coefficient (Wildman–Crippen LogP) is 0.101. The third-order valence-corrected chi connectivity index (χ3v) is 2.15. The Labute approximate surface area is 92.0 Å². The van der Waals surface area contributed by atoms with E-state index in [9.17, 15) is 5.11 Å². The van der Waals surface area contributed by atoms with E-state index in [-0.39, 0.29) is 5.11 Å². The van der Waals surface area contributed by atoms with E-state index < -0.39 is 6.10 Å². The molecule has 1 aromatic carbocycles. The number of aliphatic hydroxyl groups is 1. The van der Waals surface area contributed by atoms with Crippen molar-refractivity contribution in [2.45, 2.75) is 6.10 Å². The molecule has 0 radical (unpaired) electrons. The van der Waals surface area contributed by atoms with Gasteiger partial charge in [-0.25, -0.2) is 4.99 Å². The van der Waals surface area contributed by atoms with Gasteiger partial charge >= 0.3 is 0 Å². The quantitative estimate of drug-likeness (QED) is 0.370. The molecule has 1 aromatic rings. The summed E-state index contributed by atoms with van der Waals surface area (Å²) in [6, 6.07) is 7.35. The number of hydrogen-bond acceptors (Lipinski definition) is 4. The van der Waals surface area contributed by atoms with E-state index in [1.807, 2.05) is 24.3 Å². The van der Waals surface area contributed by atoms with E-state index >= 15 is 0 Å². The number of thiocarbonyl (C=S) groups is 1. The molecule has 1 unspecified atom stereocenters. The lowest BCUT2D eigenvalue weighted by Gasteiger charge is -2.10. The molecule has 1 aliphatic heterocycles. The third-order valence-electron chi connectivity index (χ3n) is 2.05. The zero-order chi connectivity index (χ0) is 10.8. The number of para-hydroxylation sites is 1. The highest BCUT2D eigenvalue weighted by molar-refractivity contribution is 7.80. The highest BCUT2D eigenvalue weighted by Gasteiger charge is 2.24. The fourth-order valence-corrected chi connectivity index (χ4v) is 1.43. The smallest absolute Gasteiger partial charge is 0.182 e. The van der Waals surface area contributed by atoms with Crippen LogP contribution in [-0.2, 0) is 0 Å². The molecule has 1 aliphatic rings. The Morgan fingerprint density at radius 2 is 2.20 bits per heavy atom. The van der Waals surface area contributed by atoms with Crippen LogP contribution in [0.5, 0.6) is 0 Å². The van der Waals surface area contributed by atoms with Gasteiger partial charge in [0.25, 0.3) is 0 Å². The van der Waals surface area contributed by atoms with Crippen LogP contribution in [0.3, 0.4) is 0 Å². The van der Waals surface area contributed by atoms with Crippen LogP contribution in [0.4, 0.5) is 5.69 Å². The molecule has 1 heterocycles. The lowest BCUT2D eigenvalue weighted by molar-refractivity contribution is 0.246. The van der Waals surface area contributed by atoms with Gasteiger partial charge in [0.15, 0.2) is 10.9 Å². The summed E-state index contributed by atoms with van der Waals surface area (Å²) in [5.74, 6) is 0.393. The molecule has 5 nitrogen and oxygen atoms in total. The monoisotopic (exact) mass is 222 g/mol. The molecule has 5 N–H and O–H groups in total. The first kappa shape index (κ1) is 9.88. The summed E-state index contributed by atoms with van der Waals surface area (Å²) < 4.78 is 0. The highest BCUT2D eigenvalue weighted by Crippen LogP contribution is 2.32. The van der Waals surface area contributed by atoms with Gasteiger partial charge in [0.2, 0.25) is 0 Å². The summed E-state index contributed by atoms with van der Waals surface area (Å²) in [7, 11) is 0. The summed E-state index contributed by atoms with van der Waals surface area (Å²) >= 11 is 4.62. The van der Waals surface area contributed by atoms with Crippen molar-refractivity contribution in [1.82, 2.24) is 10.9 Å². The van der Waals surface area contributed by atoms with Crippen LogP contribution in [0.2, 0.25) is 0 Å². The number of aliphatic hydroxyl groups excluding tert-OH is 1. The maximum Gasteiger partial charge on any atom is 0.182 e. The lowest BCUT2D eigenvalue weighted by Crippen LogP contribution is -2.45. The Balaban J connectivity index is 2.16. The minimum Gasteiger partial charge on any atom is -0.380 e. The normalized spacial score (nSPS) is 17.9. The van der Waals surface area contributed by atoms with Crippen molar-refractivity contribution in [1.29, 1.82) is 0 Å². The second kappa shape index (κ2) is 3.84. The molecule has 0 fully saturated rings. The molecule has 0 bridgehead atoms. The van der Waals surface area contributed by atoms with Crippen LogP contribution in [0, 0.1) is 0 Å². The number of hydrazine groups is 1. The number of nitrogens with one attached hydrogen (secondary N) is 2. The van der Waals surface area contributed by atoms with Gasteiger partial charge in [-0.15, -0.1) is 0 Å². The van der Waals surface area contributed by atoms with Gasteiger partial charge in [0, 0.05) is 5.56 Å². The molecule has 0 saturated carbocycles. The average Bonchev–Trinajstić information content (AvgIpc) is 2.54. The summed E-state index contributed by atoms with van der Waals surface area (Å²) in [5.41, 5.74) is 11.9. The van der Waals surface area contributed by atoms with Gasteiger partial charge in [-0.05, 0) is 18.3 Å². The Morgan fingerprint density at radius 1 is 1.47 bits per heavy atom. The van der Waals surface area contributed by atoms with Gasteiger partial charge in [0.05, 0.1) is 5.69 Å². The Bertz CT molecular complexity index is 432. The standard InChI is InChI=1S/C9H10N4OS/c10-9(15)13-12-8-7(14)5-3-1-2-4-6(5)11-8/h1-4,7,14H,(H,11,12)(H3,10,13,15). The van der Waals surface area contributed by atoms with E-state index in [2.05, 4.69) is 28.1 Å². The molecule has 15 heavy (non-hydrogen) atoms. The third kappa shape index (κ3) is 1.90. The second-order valence-electron chi connectivity index (χ2n) is 3.07. The van der Waals surface area contributed by atoms with Crippen molar-refractivity contribution in [3.8, 4) is 0 Å². The number of fused-ring (bicyclic) bond motifs is 1. The van der Waals surface area contributed by atoms with Gasteiger partial charge in [-0.2, -0.15) is 0 Å². The van der Waals surface area contributed by atoms with E-state index in [0.29, 0.717) is 5.84 Å². The first-order valence-electron chi connectivity index (χ1n) is 4.35. The molecule has 0 aromatic heterocycles. The lowest BCUT2D eigenvalue weighted by atomic mass is 10.1. The molecule has 2 rings (SSSR count). The maximum atomic E-state index is 9.84. The van der Waals surface area contributed by atoms with Crippen LogP contribution in [0.25, 0.3) is 0 Å². The predicted molar refractivity (Wildman–Crippen MR) is 61.6 cm³/mol. The number of hydrogen-bond donors (Lipinski definition) is 4. The van der Waals surface area contributed by atoms with Crippen LogP contribution in [-0.4, -0.2) is 16.1 Å². The van der Waals surface area contributed by atoms with Gasteiger partial charge < -0.3 is 10.8 Å². The van der Waals surface area contributed by atoms with Gasteiger partial charge in [-0.3, -0.25) is 10.9 Å². The van der Waals surface area contributed by atoms with Crippen LogP contribution >= 0.6 is 12.2 Å². The van der Waals surface area contributed by atoms with Gasteiger partial charge in [-0.1, -0.05) is 18.2 Å². The topological polar surface area (TPSA) is 82.7 Å². The molecule has 6 heteroatoms. The fourth-order valence-electron chi connectivity index (χ4n) is 1.38. The van der Waals surface area contributed by atoms with Crippen molar-refractivity contribution in [2.24, 2.45) is 10.7 Å². The molecule has 0 amide bonds. The first-order chi connectivity index (χ1) is 7.18. The molecule has 0 spiro atoms. The zero-order valence-electron chi connectivity index (χ0n) is 7.77. The van der Waals surface area contributed by atoms with Gasteiger partial charge in [0.1, 0.15) is 6.10 Å². The van der Waals surface area contributed by atoms with E-state index in [1.165, 1.54) is 0 Å². The van der Waals surface area contributed by atoms with Crippen LogP contribution in [0.15, 0.2) is 29.3 Å². The molecule has 0 aliphatic carbocycles. The molecular formula is C9H10N4OS. The van der Waals surface area contributed by atoms with Crippen molar-refractivity contribution in [3.05, 3.63) is 29.8 Å².